The minimum absolute atomic E-state index is 0.472. The second kappa shape index (κ2) is 6.07. The van der Waals surface area contributed by atoms with E-state index >= 15 is 0 Å². The van der Waals surface area contributed by atoms with Crippen molar-refractivity contribution >= 4 is 15.9 Å². The Balaban J connectivity index is 2.44. The zero-order valence-electron chi connectivity index (χ0n) is 10.8. The number of rotatable bonds is 3. The van der Waals surface area contributed by atoms with Gasteiger partial charge in [0, 0.05) is 17.1 Å². The number of hydrogen-bond acceptors (Lipinski definition) is 6. The SMILES string of the molecule is CO[C@@]1(c2ccc(Br)cc2)O[C@H](CO)[C@@H](O)[C@H](O)[C@H]1O. The van der Waals surface area contributed by atoms with Crippen LogP contribution < -0.4 is 0 Å². The molecule has 1 saturated heterocycles. The number of halogens is 1. The highest BCUT2D eigenvalue weighted by atomic mass is 79.9. The zero-order chi connectivity index (χ0) is 14.9. The minimum atomic E-state index is -1.65. The molecule has 0 amide bonds. The van der Waals surface area contributed by atoms with Crippen LogP contribution >= 0.6 is 15.9 Å². The Morgan fingerprint density at radius 1 is 1.20 bits per heavy atom. The molecule has 0 bridgehead atoms. The van der Waals surface area contributed by atoms with Gasteiger partial charge in [0.05, 0.1) is 6.61 Å². The predicted molar refractivity (Wildman–Crippen MR) is 72.8 cm³/mol. The van der Waals surface area contributed by atoms with Crippen molar-refractivity contribution in [2.75, 3.05) is 13.7 Å². The first-order valence-electron chi connectivity index (χ1n) is 6.10. The lowest BCUT2D eigenvalue weighted by atomic mass is 9.88. The summed E-state index contributed by atoms with van der Waals surface area (Å²) in [5.74, 6) is -1.65. The summed E-state index contributed by atoms with van der Waals surface area (Å²) < 4.78 is 11.7. The summed E-state index contributed by atoms with van der Waals surface area (Å²) in [4.78, 5) is 0. The van der Waals surface area contributed by atoms with Crippen molar-refractivity contribution in [3.63, 3.8) is 0 Å². The van der Waals surface area contributed by atoms with Crippen LogP contribution in [-0.4, -0.2) is 58.6 Å². The molecule has 6 nitrogen and oxygen atoms in total. The Labute approximate surface area is 124 Å². The highest BCUT2D eigenvalue weighted by molar-refractivity contribution is 9.10. The van der Waals surface area contributed by atoms with Gasteiger partial charge in [0.15, 0.2) is 0 Å². The predicted octanol–water partition coefficient (Wildman–Crippen LogP) is -0.278. The van der Waals surface area contributed by atoms with Crippen LogP contribution in [0.5, 0.6) is 0 Å². The van der Waals surface area contributed by atoms with Crippen molar-refractivity contribution in [1.29, 1.82) is 0 Å². The monoisotopic (exact) mass is 348 g/mol. The third-order valence-corrected chi connectivity index (χ3v) is 4.03. The van der Waals surface area contributed by atoms with Crippen molar-refractivity contribution in [2.45, 2.75) is 30.2 Å². The summed E-state index contributed by atoms with van der Waals surface area (Å²) in [6, 6.07) is 6.79. The van der Waals surface area contributed by atoms with Gasteiger partial charge >= 0.3 is 0 Å². The molecule has 1 heterocycles. The molecule has 1 fully saturated rings. The summed E-state index contributed by atoms with van der Waals surface area (Å²) in [5, 5.41) is 39.2. The van der Waals surface area contributed by atoms with Crippen LogP contribution in [0.25, 0.3) is 0 Å². The Hall–Kier alpha value is -0.540. The molecule has 0 spiro atoms. The van der Waals surface area contributed by atoms with E-state index in [1.807, 2.05) is 0 Å². The van der Waals surface area contributed by atoms with Gasteiger partial charge in [-0.25, -0.2) is 0 Å². The number of ether oxygens (including phenoxy) is 2. The normalized spacial score (nSPS) is 37.9. The van der Waals surface area contributed by atoms with Gasteiger partial charge in [0.1, 0.15) is 24.4 Å². The smallest absolute Gasteiger partial charge is 0.224 e. The van der Waals surface area contributed by atoms with Crippen LogP contribution in [0.3, 0.4) is 0 Å². The molecule has 0 aromatic heterocycles. The highest BCUT2D eigenvalue weighted by Crippen LogP contribution is 2.39. The number of benzene rings is 1. The van der Waals surface area contributed by atoms with Gasteiger partial charge in [-0.2, -0.15) is 0 Å². The Bertz CT molecular complexity index is 451. The molecule has 0 unspecified atom stereocenters. The molecule has 7 heteroatoms. The average Bonchev–Trinajstić information content (AvgIpc) is 2.47. The fourth-order valence-electron chi connectivity index (χ4n) is 2.35. The van der Waals surface area contributed by atoms with E-state index in [2.05, 4.69) is 15.9 Å². The Kier molecular flexibility index (Phi) is 4.80. The van der Waals surface area contributed by atoms with E-state index in [1.54, 1.807) is 24.3 Å². The molecule has 2 rings (SSSR count). The van der Waals surface area contributed by atoms with Gasteiger partial charge in [-0.1, -0.05) is 28.1 Å². The lowest BCUT2D eigenvalue weighted by Gasteiger charge is -2.47. The van der Waals surface area contributed by atoms with Crippen molar-refractivity contribution in [3.8, 4) is 0 Å². The maximum Gasteiger partial charge on any atom is 0.224 e. The third-order valence-electron chi connectivity index (χ3n) is 3.50. The first-order valence-corrected chi connectivity index (χ1v) is 6.89. The fourth-order valence-corrected chi connectivity index (χ4v) is 2.61. The van der Waals surface area contributed by atoms with Gasteiger partial charge < -0.3 is 29.9 Å². The summed E-state index contributed by atoms with van der Waals surface area (Å²) >= 11 is 3.30. The zero-order valence-corrected chi connectivity index (χ0v) is 12.4. The van der Waals surface area contributed by atoms with Crippen LogP contribution in [0.15, 0.2) is 28.7 Å². The number of hydrogen-bond donors (Lipinski definition) is 4. The fraction of sp³-hybridized carbons (Fsp3) is 0.538. The van der Waals surface area contributed by atoms with Gasteiger partial charge in [-0.3, -0.25) is 0 Å². The molecule has 20 heavy (non-hydrogen) atoms. The van der Waals surface area contributed by atoms with Crippen LogP contribution in [0.2, 0.25) is 0 Å². The molecule has 112 valence electrons. The van der Waals surface area contributed by atoms with E-state index < -0.39 is 36.8 Å². The summed E-state index contributed by atoms with van der Waals surface area (Å²) in [6.45, 7) is -0.507. The average molecular weight is 349 g/mol. The van der Waals surface area contributed by atoms with Crippen molar-refractivity contribution in [2.24, 2.45) is 0 Å². The molecule has 1 aromatic rings. The lowest BCUT2D eigenvalue weighted by Crippen LogP contribution is -2.64. The standard InChI is InChI=1S/C13H17BrO6/c1-19-13(7-2-4-8(14)5-3-7)12(18)11(17)10(16)9(6-15)20-13/h2-5,9-12,15-18H,6H2,1H3/t9-,10-,11+,12-,13+/m1/s1. The number of aliphatic hydroxyl groups excluding tert-OH is 4. The number of methoxy groups -OCH3 is 1. The van der Waals surface area contributed by atoms with Gasteiger partial charge in [-0.15, -0.1) is 0 Å². The van der Waals surface area contributed by atoms with E-state index in [9.17, 15) is 20.4 Å². The Morgan fingerprint density at radius 2 is 1.80 bits per heavy atom. The van der Waals surface area contributed by atoms with E-state index in [0.717, 1.165) is 4.47 Å². The van der Waals surface area contributed by atoms with Gasteiger partial charge in [-0.05, 0) is 12.1 Å². The minimum Gasteiger partial charge on any atom is -0.394 e. The second-order valence-electron chi connectivity index (χ2n) is 4.64. The van der Waals surface area contributed by atoms with Crippen molar-refractivity contribution in [3.05, 3.63) is 34.3 Å². The van der Waals surface area contributed by atoms with Crippen LogP contribution in [0, 0.1) is 0 Å². The quantitative estimate of drug-likeness (QED) is 0.599. The first kappa shape index (κ1) is 15.8. The maximum absolute atomic E-state index is 10.2. The van der Waals surface area contributed by atoms with Crippen molar-refractivity contribution < 1.29 is 29.9 Å². The van der Waals surface area contributed by atoms with E-state index in [-0.39, 0.29) is 0 Å². The second-order valence-corrected chi connectivity index (χ2v) is 5.56. The molecule has 1 aliphatic rings. The first-order chi connectivity index (χ1) is 9.46. The molecule has 5 atom stereocenters. The van der Waals surface area contributed by atoms with E-state index in [1.165, 1.54) is 7.11 Å². The molecule has 0 saturated carbocycles. The van der Waals surface area contributed by atoms with Crippen LogP contribution in [-0.2, 0) is 15.3 Å². The summed E-state index contributed by atoms with van der Waals surface area (Å²) in [5.41, 5.74) is 0.472. The molecular formula is C13H17BrO6. The third kappa shape index (κ3) is 2.50. The topological polar surface area (TPSA) is 99.4 Å². The molecule has 0 radical (unpaired) electrons. The molecular weight excluding hydrogens is 332 g/mol. The van der Waals surface area contributed by atoms with Crippen LogP contribution in [0.4, 0.5) is 0 Å². The largest absolute Gasteiger partial charge is 0.394 e. The molecule has 0 aliphatic carbocycles. The number of aliphatic hydroxyl groups is 4. The van der Waals surface area contributed by atoms with Crippen molar-refractivity contribution in [1.82, 2.24) is 0 Å². The summed E-state index contributed by atoms with van der Waals surface area (Å²) in [7, 11) is 1.32. The van der Waals surface area contributed by atoms with E-state index in [4.69, 9.17) is 9.47 Å². The van der Waals surface area contributed by atoms with Gasteiger partial charge in [0.25, 0.3) is 0 Å². The summed E-state index contributed by atoms with van der Waals surface area (Å²) in [6.07, 6.45) is -5.44. The van der Waals surface area contributed by atoms with Gasteiger partial charge in [0.2, 0.25) is 5.79 Å². The molecule has 4 N–H and O–H groups in total. The van der Waals surface area contributed by atoms with Crippen LogP contribution in [0.1, 0.15) is 5.56 Å². The highest BCUT2D eigenvalue weighted by Gasteiger charge is 2.54. The maximum atomic E-state index is 10.2. The lowest BCUT2D eigenvalue weighted by molar-refractivity contribution is -0.366. The molecule has 1 aliphatic heterocycles. The van der Waals surface area contributed by atoms with E-state index in [0.29, 0.717) is 5.56 Å². The molecule has 1 aromatic carbocycles. The Morgan fingerprint density at radius 3 is 2.30 bits per heavy atom.